The van der Waals surface area contributed by atoms with Gasteiger partial charge in [-0.3, -0.25) is 24.1 Å². The number of hydrogen-bond acceptors (Lipinski definition) is 12. The largest absolute Gasteiger partial charge is 0.453 e. The Hall–Kier alpha value is -6.33. The van der Waals surface area contributed by atoms with Gasteiger partial charge in [-0.25, -0.2) is 9.55 Å². The monoisotopic (exact) mass is 772 g/mol. The predicted octanol–water partition coefficient (Wildman–Crippen LogP) is 5.34. The molecular formula is C38H34N11O4S2+. The van der Waals surface area contributed by atoms with Crippen molar-refractivity contribution in [2.75, 3.05) is 28.9 Å². The summed E-state index contributed by atoms with van der Waals surface area (Å²) in [5.74, 6) is 2.30. The quantitative estimate of drug-likeness (QED) is 0.108. The highest BCUT2D eigenvalue weighted by atomic mass is 32.2. The number of hydrogen-bond donors (Lipinski definition) is 2. The van der Waals surface area contributed by atoms with Crippen molar-refractivity contribution < 1.29 is 23.6 Å². The molecule has 1 aliphatic rings. The summed E-state index contributed by atoms with van der Waals surface area (Å²) in [6, 6.07) is 26.2. The van der Waals surface area contributed by atoms with Crippen LogP contribution in [0.3, 0.4) is 0 Å². The zero-order chi connectivity index (χ0) is 37.6. The van der Waals surface area contributed by atoms with E-state index in [2.05, 4.69) is 25.8 Å². The highest BCUT2D eigenvalue weighted by molar-refractivity contribution is 8.00. The van der Waals surface area contributed by atoms with Crippen molar-refractivity contribution in [2.45, 2.75) is 36.9 Å². The van der Waals surface area contributed by atoms with Crippen molar-refractivity contribution in [2.24, 2.45) is 0 Å². The molecule has 1 aliphatic heterocycles. The summed E-state index contributed by atoms with van der Waals surface area (Å²) < 4.78 is 17.1. The maximum absolute atomic E-state index is 13.0. The van der Waals surface area contributed by atoms with E-state index in [1.807, 2.05) is 106 Å². The van der Waals surface area contributed by atoms with Crippen LogP contribution in [-0.4, -0.2) is 69.6 Å². The fourth-order valence-electron chi connectivity index (χ4n) is 5.94. The molecule has 0 saturated carbocycles. The third-order valence-corrected chi connectivity index (χ3v) is 10.4. The molecule has 0 aliphatic carbocycles. The fourth-order valence-corrected chi connectivity index (χ4v) is 7.57. The van der Waals surface area contributed by atoms with Gasteiger partial charge >= 0.3 is 5.16 Å². The van der Waals surface area contributed by atoms with E-state index in [1.165, 1.54) is 23.5 Å². The molecule has 0 radical (unpaired) electrons. The lowest BCUT2D eigenvalue weighted by Crippen LogP contribution is -2.36. The van der Waals surface area contributed by atoms with Gasteiger partial charge in [-0.1, -0.05) is 48.2 Å². The number of carbonyl (C=O) groups excluding carboxylic acids is 2. The number of nitrogens with one attached hydrogen (secondary N) is 2. The van der Waals surface area contributed by atoms with Gasteiger partial charge in [-0.15, -0.1) is 14.9 Å². The standard InChI is InChI=1S/C38H33N11O4S2/c1-2-47-36(30-19-31-32(21-41-30)53-24-52-31)49(46-38(47)55-23-34(51)43-27-13-7-4-8-14-27)17-16-48-35(29-18-28-25(20-40-29)10-9-15-39-28)44-45-37(48)54-22-33(50)42-26-11-5-3-6-12-26/h3-15,18-21H,2,16-17,22-24H2,1H3,(H-,42,43,50,51)/p+1. The minimum atomic E-state index is -0.175. The number of ether oxygens (including phenoxy) is 2. The van der Waals surface area contributed by atoms with Crippen LogP contribution in [0.15, 0.2) is 114 Å². The van der Waals surface area contributed by atoms with Crippen LogP contribution in [0.25, 0.3) is 33.9 Å². The van der Waals surface area contributed by atoms with E-state index in [0.717, 1.165) is 16.6 Å². The minimum Gasteiger partial charge on any atom is -0.453 e. The van der Waals surface area contributed by atoms with E-state index < -0.39 is 0 Å². The first-order valence-electron chi connectivity index (χ1n) is 17.4. The Labute approximate surface area is 323 Å². The Kier molecular flexibility index (Phi) is 10.6. The van der Waals surface area contributed by atoms with E-state index in [1.54, 1.807) is 18.6 Å². The first-order chi connectivity index (χ1) is 27.0. The smallest absolute Gasteiger partial charge is 0.337 e. The van der Waals surface area contributed by atoms with Gasteiger partial charge in [0.25, 0.3) is 5.82 Å². The summed E-state index contributed by atoms with van der Waals surface area (Å²) in [6.07, 6.45) is 5.13. The zero-order valence-electron chi connectivity index (χ0n) is 29.5. The molecule has 2 amide bonds. The summed E-state index contributed by atoms with van der Waals surface area (Å²) in [5.41, 5.74) is 3.41. The average molecular weight is 773 g/mol. The Morgan fingerprint density at radius 2 is 1.49 bits per heavy atom. The lowest BCUT2D eigenvalue weighted by molar-refractivity contribution is -0.720. The molecule has 8 rings (SSSR count). The molecule has 6 heterocycles. The molecule has 55 heavy (non-hydrogen) atoms. The van der Waals surface area contributed by atoms with Gasteiger partial charge in [0.1, 0.15) is 17.9 Å². The lowest BCUT2D eigenvalue weighted by atomic mass is 10.2. The van der Waals surface area contributed by atoms with Crippen LogP contribution in [-0.2, 0) is 29.2 Å². The normalized spacial score (nSPS) is 11.9. The van der Waals surface area contributed by atoms with Crippen LogP contribution in [0.1, 0.15) is 6.92 Å². The Morgan fingerprint density at radius 1 is 0.782 bits per heavy atom. The van der Waals surface area contributed by atoms with Gasteiger partial charge in [0.2, 0.25) is 18.6 Å². The van der Waals surface area contributed by atoms with Crippen LogP contribution in [0.5, 0.6) is 11.5 Å². The highest BCUT2D eigenvalue weighted by Crippen LogP contribution is 2.34. The van der Waals surface area contributed by atoms with E-state index in [4.69, 9.17) is 24.5 Å². The number of fused-ring (bicyclic) bond motifs is 2. The average Bonchev–Trinajstić information content (AvgIpc) is 3.95. The maximum atomic E-state index is 13.0. The summed E-state index contributed by atoms with van der Waals surface area (Å²) >= 11 is 2.61. The molecule has 276 valence electrons. The topological polar surface area (TPSA) is 168 Å². The number of nitrogens with zero attached hydrogens (tertiary/aromatic N) is 9. The molecule has 0 atom stereocenters. The zero-order valence-corrected chi connectivity index (χ0v) is 31.2. The first kappa shape index (κ1) is 35.7. The molecule has 0 spiro atoms. The number of aryl methyl sites for hydroxylation is 1. The van der Waals surface area contributed by atoms with E-state index in [9.17, 15) is 9.59 Å². The van der Waals surface area contributed by atoms with Gasteiger partial charge in [-0.05, 0) is 61.2 Å². The van der Waals surface area contributed by atoms with E-state index >= 15 is 0 Å². The molecular weight excluding hydrogens is 739 g/mol. The lowest BCUT2D eigenvalue weighted by Gasteiger charge is -2.10. The molecule has 5 aromatic heterocycles. The van der Waals surface area contributed by atoms with Gasteiger partial charge in [-0.2, -0.15) is 0 Å². The van der Waals surface area contributed by atoms with E-state index in [-0.39, 0.29) is 30.1 Å². The van der Waals surface area contributed by atoms with Crippen molar-refractivity contribution in [1.82, 2.24) is 39.5 Å². The van der Waals surface area contributed by atoms with Crippen molar-refractivity contribution in [1.29, 1.82) is 0 Å². The third kappa shape index (κ3) is 8.12. The summed E-state index contributed by atoms with van der Waals surface area (Å²) in [6.45, 7) is 3.39. The van der Waals surface area contributed by atoms with Crippen molar-refractivity contribution in [3.8, 4) is 34.5 Å². The number of thioether (sulfide) groups is 2. The molecule has 17 heteroatoms. The number of anilines is 2. The molecule has 0 fully saturated rings. The molecule has 7 aromatic rings. The second kappa shape index (κ2) is 16.4. The van der Waals surface area contributed by atoms with Crippen LogP contribution >= 0.6 is 23.5 Å². The Balaban J connectivity index is 1.11. The number of aromatic nitrogens is 9. The van der Waals surface area contributed by atoms with Crippen LogP contribution in [0.4, 0.5) is 11.4 Å². The maximum Gasteiger partial charge on any atom is 0.337 e. The molecule has 0 unspecified atom stereocenters. The Bertz CT molecular complexity index is 2480. The number of pyridine rings is 3. The number of amides is 2. The SMILES string of the molecule is CC[n+]1c(SCC(=O)Nc2ccccc2)nn(CCn2c(SCC(=O)Nc3ccccc3)nnc2-c2cc3ncccc3cn2)c1-c1cc2c(cn1)OCO2. The highest BCUT2D eigenvalue weighted by Gasteiger charge is 2.31. The molecule has 15 nitrogen and oxygen atoms in total. The van der Waals surface area contributed by atoms with Gasteiger partial charge in [0.05, 0.1) is 41.4 Å². The molecule has 2 N–H and O–H groups in total. The number of rotatable bonds is 14. The molecule has 2 aromatic carbocycles. The second-order valence-electron chi connectivity index (χ2n) is 12.1. The number of carbonyl (C=O) groups is 2. The van der Waals surface area contributed by atoms with Gasteiger partial charge < -0.3 is 20.1 Å². The summed E-state index contributed by atoms with van der Waals surface area (Å²) in [4.78, 5) is 39.9. The van der Waals surface area contributed by atoms with E-state index in [0.29, 0.717) is 70.2 Å². The van der Waals surface area contributed by atoms with Crippen molar-refractivity contribution in [3.63, 3.8) is 0 Å². The molecule has 0 bridgehead atoms. The van der Waals surface area contributed by atoms with Crippen LogP contribution in [0, 0.1) is 0 Å². The predicted molar refractivity (Wildman–Crippen MR) is 208 cm³/mol. The summed E-state index contributed by atoms with van der Waals surface area (Å²) in [5, 5.41) is 22.0. The molecule has 0 saturated heterocycles. The second-order valence-corrected chi connectivity index (χ2v) is 14.0. The first-order valence-corrected chi connectivity index (χ1v) is 19.4. The number of para-hydroxylation sites is 2. The minimum absolute atomic E-state index is 0.107. The van der Waals surface area contributed by atoms with Crippen molar-refractivity contribution >= 4 is 57.6 Å². The van der Waals surface area contributed by atoms with Gasteiger partial charge in [0.15, 0.2) is 22.5 Å². The fraction of sp³-hybridized carbons (Fsp3) is 0.184. The third-order valence-electron chi connectivity index (χ3n) is 8.49. The Morgan fingerprint density at radius 3 is 2.24 bits per heavy atom. The van der Waals surface area contributed by atoms with Crippen molar-refractivity contribution in [3.05, 3.63) is 104 Å². The number of benzene rings is 2. The van der Waals surface area contributed by atoms with Crippen LogP contribution < -0.4 is 24.7 Å². The summed E-state index contributed by atoms with van der Waals surface area (Å²) in [7, 11) is 0. The van der Waals surface area contributed by atoms with Gasteiger partial charge in [0, 0.05) is 35.2 Å². The van der Waals surface area contributed by atoms with Crippen LogP contribution in [0.2, 0.25) is 0 Å².